The van der Waals surface area contributed by atoms with E-state index in [1.54, 1.807) is 0 Å². The van der Waals surface area contributed by atoms with Crippen LogP contribution in [0.15, 0.2) is 12.3 Å². The van der Waals surface area contributed by atoms with Gasteiger partial charge in [-0.3, -0.25) is 4.68 Å². The highest BCUT2D eigenvalue weighted by atomic mass is 35.5. The molecule has 0 aliphatic heterocycles. The Labute approximate surface area is 110 Å². The highest BCUT2D eigenvalue weighted by Gasteiger charge is 2.10. The Morgan fingerprint density at radius 3 is 2.65 bits per heavy atom. The van der Waals surface area contributed by atoms with Gasteiger partial charge in [0.2, 0.25) is 0 Å². The maximum Gasteiger partial charge on any atom is 0.0624 e. The van der Waals surface area contributed by atoms with Crippen molar-refractivity contribution in [2.45, 2.75) is 64.8 Å². The summed E-state index contributed by atoms with van der Waals surface area (Å²) in [5.74, 6) is 0.564. The summed E-state index contributed by atoms with van der Waals surface area (Å²) >= 11 is 6.23. The van der Waals surface area contributed by atoms with Gasteiger partial charge in [-0.25, -0.2) is 0 Å². The quantitative estimate of drug-likeness (QED) is 0.660. The minimum Gasteiger partial charge on any atom is -0.270 e. The zero-order valence-electron chi connectivity index (χ0n) is 11.5. The van der Waals surface area contributed by atoms with E-state index in [0.717, 1.165) is 25.7 Å². The first kappa shape index (κ1) is 14.6. The maximum atomic E-state index is 6.23. The Morgan fingerprint density at radius 1 is 1.35 bits per heavy atom. The van der Waals surface area contributed by atoms with Crippen LogP contribution in [-0.4, -0.2) is 15.2 Å². The minimum atomic E-state index is 0.298. The summed E-state index contributed by atoms with van der Waals surface area (Å²) in [4.78, 5) is 0. The van der Waals surface area contributed by atoms with E-state index in [1.807, 2.05) is 0 Å². The molecule has 1 heterocycles. The molecular formula is C14H25ClN2. The van der Waals surface area contributed by atoms with Gasteiger partial charge in [0.1, 0.15) is 0 Å². The van der Waals surface area contributed by atoms with Gasteiger partial charge in [0.05, 0.1) is 5.69 Å². The largest absolute Gasteiger partial charge is 0.270 e. The lowest BCUT2D eigenvalue weighted by atomic mass is 10.0. The zero-order valence-corrected chi connectivity index (χ0v) is 12.2. The number of alkyl halides is 1. The Morgan fingerprint density at radius 2 is 2.06 bits per heavy atom. The average molecular weight is 257 g/mol. The second-order valence-corrected chi connectivity index (χ2v) is 5.76. The molecule has 2 nitrogen and oxygen atoms in total. The molecule has 0 fully saturated rings. The predicted molar refractivity (Wildman–Crippen MR) is 74.6 cm³/mol. The van der Waals surface area contributed by atoms with E-state index in [9.17, 15) is 0 Å². The topological polar surface area (TPSA) is 17.8 Å². The van der Waals surface area contributed by atoms with E-state index in [2.05, 4.69) is 49.7 Å². The normalized spacial score (nSPS) is 15.2. The molecule has 3 heteroatoms. The van der Waals surface area contributed by atoms with Gasteiger partial charge in [0.15, 0.2) is 0 Å². The zero-order chi connectivity index (χ0) is 12.8. The second kappa shape index (κ2) is 7.05. The summed E-state index contributed by atoms with van der Waals surface area (Å²) in [6.45, 7) is 8.74. The molecule has 1 aromatic heterocycles. The number of rotatable bonds is 7. The van der Waals surface area contributed by atoms with E-state index in [1.165, 1.54) is 5.69 Å². The van der Waals surface area contributed by atoms with Crippen LogP contribution < -0.4 is 0 Å². The molecule has 98 valence electrons. The van der Waals surface area contributed by atoms with Gasteiger partial charge in [-0.05, 0) is 44.6 Å². The lowest BCUT2D eigenvalue weighted by molar-refractivity contribution is 0.471. The van der Waals surface area contributed by atoms with Gasteiger partial charge in [0.25, 0.3) is 0 Å². The third-order valence-electron chi connectivity index (χ3n) is 3.34. The third kappa shape index (κ3) is 4.71. The fourth-order valence-electron chi connectivity index (χ4n) is 1.75. The van der Waals surface area contributed by atoms with Crippen molar-refractivity contribution in [3.8, 4) is 0 Å². The van der Waals surface area contributed by atoms with Crippen LogP contribution in [-0.2, 0) is 6.42 Å². The summed E-state index contributed by atoms with van der Waals surface area (Å²) in [5, 5.41) is 4.89. The Kier molecular flexibility index (Phi) is 6.04. The molecule has 0 saturated heterocycles. The number of halogens is 1. The highest BCUT2D eigenvalue weighted by Crippen LogP contribution is 2.17. The van der Waals surface area contributed by atoms with E-state index >= 15 is 0 Å². The number of hydrogen-bond donors (Lipinski definition) is 0. The molecule has 0 saturated carbocycles. The molecule has 0 spiro atoms. The summed E-state index contributed by atoms with van der Waals surface area (Å²) in [5.41, 5.74) is 1.19. The number of hydrogen-bond acceptors (Lipinski definition) is 1. The van der Waals surface area contributed by atoms with Crippen LogP contribution in [0.3, 0.4) is 0 Å². The van der Waals surface area contributed by atoms with Gasteiger partial charge in [-0.15, -0.1) is 11.6 Å². The Hall–Kier alpha value is -0.500. The molecule has 0 radical (unpaired) electrons. The Bertz CT molecular complexity index is 320. The van der Waals surface area contributed by atoms with Crippen molar-refractivity contribution in [1.82, 2.24) is 9.78 Å². The molecule has 0 aliphatic carbocycles. The molecular weight excluding hydrogens is 232 g/mol. The van der Waals surface area contributed by atoms with E-state index in [4.69, 9.17) is 11.6 Å². The highest BCUT2D eigenvalue weighted by molar-refractivity contribution is 6.20. The second-order valence-electron chi connectivity index (χ2n) is 5.20. The molecule has 0 aromatic carbocycles. The molecule has 0 aliphatic rings. The van der Waals surface area contributed by atoms with Crippen molar-refractivity contribution in [3.05, 3.63) is 18.0 Å². The van der Waals surface area contributed by atoms with Crippen molar-refractivity contribution in [2.24, 2.45) is 5.92 Å². The lowest BCUT2D eigenvalue weighted by Gasteiger charge is -2.12. The smallest absolute Gasteiger partial charge is 0.0624 e. The van der Waals surface area contributed by atoms with Crippen molar-refractivity contribution in [3.63, 3.8) is 0 Å². The molecule has 17 heavy (non-hydrogen) atoms. The molecule has 0 amide bonds. The molecule has 2 unspecified atom stereocenters. The van der Waals surface area contributed by atoms with Crippen molar-refractivity contribution >= 4 is 11.6 Å². The SMILES string of the molecule is CCC(C)n1ccc(CCCC(Cl)C(C)C)n1. The fourth-order valence-corrected chi connectivity index (χ4v) is 1.91. The summed E-state index contributed by atoms with van der Waals surface area (Å²) in [6.07, 6.45) is 6.46. The molecule has 1 aromatic rings. The van der Waals surface area contributed by atoms with Gasteiger partial charge < -0.3 is 0 Å². The standard InChI is InChI=1S/C14H25ClN2/c1-5-12(4)17-10-9-13(16-17)7-6-8-14(15)11(2)3/h9-12,14H,5-8H2,1-4H3. The first-order chi connectivity index (χ1) is 8.04. The monoisotopic (exact) mass is 256 g/mol. The fraction of sp³-hybridized carbons (Fsp3) is 0.786. The first-order valence-corrected chi connectivity index (χ1v) is 7.16. The summed E-state index contributed by atoms with van der Waals surface area (Å²) in [6, 6.07) is 2.63. The maximum absolute atomic E-state index is 6.23. The van der Waals surface area contributed by atoms with Crippen molar-refractivity contribution in [2.75, 3.05) is 0 Å². The van der Waals surface area contributed by atoms with Gasteiger partial charge in [0, 0.05) is 17.6 Å². The van der Waals surface area contributed by atoms with Crippen LogP contribution in [0.2, 0.25) is 0 Å². The molecule has 0 bridgehead atoms. The van der Waals surface area contributed by atoms with E-state index in [-0.39, 0.29) is 0 Å². The Balaban J connectivity index is 2.35. The first-order valence-electron chi connectivity index (χ1n) is 6.72. The van der Waals surface area contributed by atoms with Crippen LogP contribution >= 0.6 is 11.6 Å². The average Bonchev–Trinajstić information content (AvgIpc) is 2.76. The van der Waals surface area contributed by atoms with Crippen LogP contribution in [0.4, 0.5) is 0 Å². The number of aromatic nitrogens is 2. The van der Waals surface area contributed by atoms with E-state index < -0.39 is 0 Å². The summed E-state index contributed by atoms with van der Waals surface area (Å²) < 4.78 is 2.07. The van der Waals surface area contributed by atoms with Crippen LogP contribution in [0.5, 0.6) is 0 Å². The third-order valence-corrected chi connectivity index (χ3v) is 4.06. The van der Waals surface area contributed by atoms with Crippen molar-refractivity contribution in [1.29, 1.82) is 0 Å². The van der Waals surface area contributed by atoms with E-state index in [0.29, 0.717) is 17.3 Å². The van der Waals surface area contributed by atoms with Gasteiger partial charge in [-0.1, -0.05) is 20.8 Å². The number of aryl methyl sites for hydroxylation is 1. The molecule has 2 atom stereocenters. The van der Waals surface area contributed by atoms with Crippen LogP contribution in [0, 0.1) is 5.92 Å². The van der Waals surface area contributed by atoms with Gasteiger partial charge >= 0.3 is 0 Å². The lowest BCUT2D eigenvalue weighted by Crippen LogP contribution is -2.08. The molecule has 1 rings (SSSR count). The van der Waals surface area contributed by atoms with Crippen LogP contribution in [0.1, 0.15) is 58.7 Å². The summed E-state index contributed by atoms with van der Waals surface area (Å²) in [7, 11) is 0. The number of nitrogens with zero attached hydrogens (tertiary/aromatic N) is 2. The minimum absolute atomic E-state index is 0.298. The van der Waals surface area contributed by atoms with Crippen LogP contribution in [0.25, 0.3) is 0 Å². The predicted octanol–water partition coefficient (Wildman–Crippen LogP) is 4.44. The van der Waals surface area contributed by atoms with Gasteiger partial charge in [-0.2, -0.15) is 5.10 Å². The van der Waals surface area contributed by atoms with Crippen molar-refractivity contribution < 1.29 is 0 Å². The molecule has 0 N–H and O–H groups in total.